The normalized spacial score (nSPS) is 13.9. The van der Waals surface area contributed by atoms with E-state index in [2.05, 4.69) is 31.3 Å². The molecule has 0 heterocycles. The van der Waals surface area contributed by atoms with Gasteiger partial charge in [0.25, 0.3) is 0 Å². The first-order valence-corrected chi connectivity index (χ1v) is 7.68. The van der Waals surface area contributed by atoms with Gasteiger partial charge in [0.15, 0.2) is 0 Å². The molecule has 0 bridgehead atoms. The van der Waals surface area contributed by atoms with E-state index in [1.54, 1.807) is 6.07 Å². The highest BCUT2D eigenvalue weighted by atomic mass is 19.1. The van der Waals surface area contributed by atoms with Crippen LogP contribution in [0.3, 0.4) is 0 Å². The number of benzene rings is 2. The van der Waals surface area contributed by atoms with Gasteiger partial charge >= 0.3 is 0 Å². The smallest absolute Gasteiger partial charge is 0.128 e. The summed E-state index contributed by atoms with van der Waals surface area (Å²) < 4.78 is 14.3. The van der Waals surface area contributed by atoms with Gasteiger partial charge in [0.1, 0.15) is 5.82 Å². The molecular formula is C19H24FN. The van der Waals surface area contributed by atoms with Gasteiger partial charge in [-0.05, 0) is 31.5 Å². The first kappa shape index (κ1) is 15.7. The Morgan fingerprint density at radius 1 is 1.10 bits per heavy atom. The van der Waals surface area contributed by atoms with Crippen molar-refractivity contribution in [3.05, 3.63) is 71.0 Å². The van der Waals surface area contributed by atoms with Crippen LogP contribution in [0.2, 0.25) is 0 Å². The topological polar surface area (TPSA) is 12.0 Å². The molecule has 2 rings (SSSR count). The Labute approximate surface area is 127 Å². The number of hydrogen-bond donors (Lipinski definition) is 1. The van der Waals surface area contributed by atoms with Crippen LogP contribution in [0.5, 0.6) is 0 Å². The van der Waals surface area contributed by atoms with Crippen LogP contribution >= 0.6 is 0 Å². The van der Waals surface area contributed by atoms with Crippen molar-refractivity contribution < 1.29 is 4.39 Å². The predicted molar refractivity (Wildman–Crippen MR) is 87.0 cm³/mol. The minimum absolute atomic E-state index is 0.00718. The van der Waals surface area contributed by atoms with Crippen LogP contribution in [-0.2, 0) is 0 Å². The molecule has 2 heteroatoms. The van der Waals surface area contributed by atoms with E-state index >= 15 is 0 Å². The monoisotopic (exact) mass is 285 g/mol. The number of nitrogens with one attached hydrogen (secondary N) is 1. The maximum absolute atomic E-state index is 14.3. The largest absolute Gasteiger partial charge is 0.309 e. The molecule has 2 aromatic carbocycles. The van der Waals surface area contributed by atoms with Gasteiger partial charge in [-0.25, -0.2) is 4.39 Å². The van der Waals surface area contributed by atoms with Crippen molar-refractivity contribution in [1.82, 2.24) is 5.32 Å². The fraction of sp³-hybridized carbons (Fsp3) is 0.368. The zero-order chi connectivity index (χ0) is 15.2. The maximum Gasteiger partial charge on any atom is 0.128 e. The van der Waals surface area contributed by atoms with Gasteiger partial charge < -0.3 is 5.32 Å². The Bertz CT molecular complexity index is 565. The summed E-state index contributed by atoms with van der Waals surface area (Å²) in [5.74, 6) is 0.0889. The third-order valence-electron chi connectivity index (χ3n) is 3.93. The second-order valence-corrected chi connectivity index (χ2v) is 5.66. The molecule has 0 aromatic heterocycles. The van der Waals surface area contributed by atoms with E-state index < -0.39 is 0 Å². The van der Waals surface area contributed by atoms with Crippen molar-refractivity contribution in [1.29, 1.82) is 0 Å². The van der Waals surface area contributed by atoms with Crippen molar-refractivity contribution in [3.63, 3.8) is 0 Å². The summed E-state index contributed by atoms with van der Waals surface area (Å²) in [6.45, 7) is 7.18. The van der Waals surface area contributed by atoms with Crippen LogP contribution in [0, 0.1) is 12.7 Å². The summed E-state index contributed by atoms with van der Waals surface area (Å²) in [5.41, 5.74) is 3.08. The summed E-state index contributed by atoms with van der Waals surface area (Å²) in [6.07, 6.45) is 1.03. The summed E-state index contributed by atoms with van der Waals surface area (Å²) in [7, 11) is 0. The minimum atomic E-state index is -0.128. The highest BCUT2D eigenvalue weighted by molar-refractivity contribution is 5.31. The number of hydrogen-bond acceptors (Lipinski definition) is 1. The van der Waals surface area contributed by atoms with E-state index in [-0.39, 0.29) is 17.8 Å². The Kier molecular flexibility index (Phi) is 5.51. The van der Waals surface area contributed by atoms with E-state index in [1.807, 2.05) is 37.3 Å². The van der Waals surface area contributed by atoms with Crippen molar-refractivity contribution >= 4 is 0 Å². The average Bonchev–Trinajstić information content (AvgIpc) is 2.51. The van der Waals surface area contributed by atoms with Gasteiger partial charge in [-0.1, -0.05) is 61.9 Å². The zero-order valence-corrected chi connectivity index (χ0v) is 13.1. The molecule has 0 aliphatic carbocycles. The number of halogens is 1. The second-order valence-electron chi connectivity index (χ2n) is 5.66. The van der Waals surface area contributed by atoms with Gasteiger partial charge in [-0.15, -0.1) is 0 Å². The molecule has 0 aliphatic heterocycles. The molecule has 0 aliphatic rings. The molecule has 0 saturated heterocycles. The maximum atomic E-state index is 14.3. The third-order valence-corrected chi connectivity index (χ3v) is 3.93. The lowest BCUT2D eigenvalue weighted by atomic mass is 9.87. The van der Waals surface area contributed by atoms with Gasteiger partial charge in [0.05, 0.1) is 0 Å². The van der Waals surface area contributed by atoms with Crippen LogP contribution in [0.25, 0.3) is 0 Å². The first-order chi connectivity index (χ1) is 10.1. The SMILES string of the molecule is CCCNC(c1cc(C)ccc1F)C(C)c1ccccc1. The van der Waals surface area contributed by atoms with E-state index in [4.69, 9.17) is 0 Å². The fourth-order valence-electron chi connectivity index (χ4n) is 2.71. The fourth-order valence-corrected chi connectivity index (χ4v) is 2.71. The summed E-state index contributed by atoms with van der Waals surface area (Å²) >= 11 is 0. The zero-order valence-electron chi connectivity index (χ0n) is 13.1. The van der Waals surface area contributed by atoms with Crippen LogP contribution in [0.4, 0.5) is 4.39 Å². The molecule has 21 heavy (non-hydrogen) atoms. The van der Waals surface area contributed by atoms with E-state index in [9.17, 15) is 4.39 Å². The quantitative estimate of drug-likeness (QED) is 0.789. The lowest BCUT2D eigenvalue weighted by Crippen LogP contribution is -2.27. The molecule has 2 atom stereocenters. The standard InChI is InChI=1S/C19H24FN/c1-4-12-21-19(15(3)16-8-6-5-7-9-16)17-13-14(2)10-11-18(17)20/h5-11,13,15,19,21H,4,12H2,1-3H3. The van der Waals surface area contributed by atoms with Gasteiger partial charge in [-0.2, -0.15) is 0 Å². The highest BCUT2D eigenvalue weighted by Crippen LogP contribution is 2.32. The molecule has 1 N–H and O–H groups in total. The molecule has 1 nitrogen and oxygen atoms in total. The third kappa shape index (κ3) is 3.92. The summed E-state index contributed by atoms with van der Waals surface area (Å²) in [4.78, 5) is 0. The van der Waals surface area contributed by atoms with Crippen LogP contribution < -0.4 is 5.32 Å². The van der Waals surface area contributed by atoms with Crippen LogP contribution in [-0.4, -0.2) is 6.54 Å². The molecule has 2 aromatic rings. The Balaban J connectivity index is 2.36. The molecule has 2 unspecified atom stereocenters. The van der Waals surface area contributed by atoms with Crippen molar-refractivity contribution in [2.24, 2.45) is 0 Å². The number of rotatable bonds is 6. The predicted octanol–water partition coefficient (Wildman–Crippen LogP) is 4.98. The van der Waals surface area contributed by atoms with Crippen molar-refractivity contribution in [2.75, 3.05) is 6.54 Å². The molecule has 0 fully saturated rings. The van der Waals surface area contributed by atoms with E-state index in [0.717, 1.165) is 24.1 Å². The lowest BCUT2D eigenvalue weighted by Gasteiger charge is -2.27. The molecule has 0 radical (unpaired) electrons. The molecule has 0 amide bonds. The Morgan fingerprint density at radius 3 is 2.48 bits per heavy atom. The first-order valence-electron chi connectivity index (χ1n) is 7.68. The molecule has 0 spiro atoms. The number of aryl methyl sites for hydroxylation is 1. The van der Waals surface area contributed by atoms with E-state index in [1.165, 1.54) is 5.56 Å². The van der Waals surface area contributed by atoms with Crippen molar-refractivity contribution in [3.8, 4) is 0 Å². The summed E-state index contributed by atoms with van der Waals surface area (Å²) in [6, 6.07) is 15.7. The van der Waals surface area contributed by atoms with Gasteiger partial charge in [-0.3, -0.25) is 0 Å². The molecule has 112 valence electrons. The van der Waals surface area contributed by atoms with Gasteiger partial charge in [0, 0.05) is 17.5 Å². The van der Waals surface area contributed by atoms with E-state index in [0.29, 0.717) is 0 Å². The average molecular weight is 285 g/mol. The summed E-state index contributed by atoms with van der Waals surface area (Å²) in [5, 5.41) is 3.51. The minimum Gasteiger partial charge on any atom is -0.309 e. The Morgan fingerprint density at radius 2 is 1.81 bits per heavy atom. The van der Waals surface area contributed by atoms with Crippen LogP contribution in [0.1, 0.15) is 48.9 Å². The lowest BCUT2D eigenvalue weighted by molar-refractivity contribution is 0.445. The van der Waals surface area contributed by atoms with Gasteiger partial charge in [0.2, 0.25) is 0 Å². The van der Waals surface area contributed by atoms with Crippen LogP contribution in [0.15, 0.2) is 48.5 Å². The molecule has 0 saturated carbocycles. The second kappa shape index (κ2) is 7.37. The van der Waals surface area contributed by atoms with Crippen molar-refractivity contribution in [2.45, 2.75) is 39.2 Å². The highest BCUT2D eigenvalue weighted by Gasteiger charge is 2.23. The molecular weight excluding hydrogens is 261 g/mol. The Hall–Kier alpha value is -1.67.